The molecule has 2 aromatic rings. The largest absolute Gasteiger partial charge is 0.461 e. The molecule has 2 atom stereocenters. The zero-order chi connectivity index (χ0) is 21.7. The molecule has 29 heavy (non-hydrogen) atoms. The van der Waals surface area contributed by atoms with Crippen molar-refractivity contribution in [2.24, 2.45) is 0 Å². The molecule has 0 spiro atoms. The van der Waals surface area contributed by atoms with E-state index in [-0.39, 0.29) is 12.2 Å². The maximum atomic E-state index is 14.3. The zero-order valence-electron chi connectivity index (χ0n) is 16.5. The third-order valence-corrected chi connectivity index (χ3v) is 5.87. The van der Waals surface area contributed by atoms with Gasteiger partial charge in [-0.15, -0.1) is 0 Å². The number of alkyl halides is 3. The fourth-order valence-corrected chi connectivity index (χ4v) is 3.49. The van der Waals surface area contributed by atoms with Crippen LogP contribution < -0.4 is 4.72 Å². The molecule has 4 nitrogen and oxygen atoms in total. The molecule has 0 aromatic heterocycles. The minimum absolute atomic E-state index is 0.148. The number of benzene rings is 2. The van der Waals surface area contributed by atoms with Crippen molar-refractivity contribution in [3.05, 3.63) is 71.8 Å². The highest BCUT2D eigenvalue weighted by atomic mass is 32.2. The summed E-state index contributed by atoms with van der Waals surface area (Å²) in [4.78, 5) is 12.4. The predicted molar refractivity (Wildman–Crippen MR) is 106 cm³/mol. The van der Waals surface area contributed by atoms with E-state index >= 15 is 0 Å². The lowest BCUT2D eigenvalue weighted by atomic mass is 9.87. The average molecular weight is 427 g/mol. The van der Waals surface area contributed by atoms with Crippen molar-refractivity contribution in [3.63, 3.8) is 0 Å². The summed E-state index contributed by atoms with van der Waals surface area (Å²) in [6.07, 6.45) is -5.95. The number of hydrogen-bond acceptors (Lipinski definition) is 3. The Labute approximate surface area is 171 Å². The van der Waals surface area contributed by atoms with Crippen molar-refractivity contribution in [1.29, 1.82) is 0 Å². The maximum Gasteiger partial charge on any atom is 0.412 e. The van der Waals surface area contributed by atoms with E-state index in [4.69, 9.17) is 4.74 Å². The normalized spacial score (nSPS) is 15.4. The molecule has 2 rings (SSSR count). The van der Waals surface area contributed by atoms with Crippen LogP contribution in [-0.2, 0) is 32.7 Å². The lowest BCUT2D eigenvalue weighted by Gasteiger charge is -2.37. The topological polar surface area (TPSA) is 55.4 Å². The van der Waals surface area contributed by atoms with Crippen molar-refractivity contribution in [2.75, 3.05) is 0 Å². The van der Waals surface area contributed by atoms with Crippen LogP contribution >= 0.6 is 0 Å². The number of hydrogen-bond donors (Lipinski definition) is 1. The maximum absolute atomic E-state index is 14.3. The van der Waals surface area contributed by atoms with Crippen LogP contribution in [0.1, 0.15) is 38.3 Å². The number of carbonyl (C=O) groups excluding carboxylic acids is 1. The van der Waals surface area contributed by atoms with Gasteiger partial charge in [0.15, 0.2) is 5.54 Å². The van der Waals surface area contributed by atoms with Gasteiger partial charge in [-0.2, -0.15) is 13.2 Å². The van der Waals surface area contributed by atoms with Gasteiger partial charge >= 0.3 is 12.1 Å². The molecule has 0 aliphatic rings. The number of rotatable bonds is 7. The van der Waals surface area contributed by atoms with Gasteiger partial charge in [-0.1, -0.05) is 60.7 Å². The van der Waals surface area contributed by atoms with Gasteiger partial charge in [0, 0.05) is 0 Å². The second-order valence-corrected chi connectivity index (χ2v) is 9.54. The second kappa shape index (κ2) is 9.09. The van der Waals surface area contributed by atoms with Crippen molar-refractivity contribution < 1.29 is 26.9 Å². The Hall–Kier alpha value is -2.19. The first kappa shape index (κ1) is 23.1. The highest BCUT2D eigenvalue weighted by molar-refractivity contribution is 7.84. The fourth-order valence-electron chi connectivity index (χ4n) is 2.56. The summed E-state index contributed by atoms with van der Waals surface area (Å²) in [6, 6.07) is 15.6. The summed E-state index contributed by atoms with van der Waals surface area (Å²) in [6.45, 7) is 4.51. The van der Waals surface area contributed by atoms with Crippen molar-refractivity contribution in [3.8, 4) is 0 Å². The minimum atomic E-state index is -4.90. The van der Waals surface area contributed by atoms with E-state index in [0.29, 0.717) is 5.56 Å². The molecule has 8 heteroatoms. The summed E-state index contributed by atoms with van der Waals surface area (Å²) in [5.41, 5.74) is -2.40. The first-order chi connectivity index (χ1) is 13.5. The second-order valence-electron chi connectivity index (χ2n) is 7.58. The summed E-state index contributed by atoms with van der Waals surface area (Å²) >= 11 is 0. The van der Waals surface area contributed by atoms with Gasteiger partial charge in [0.2, 0.25) is 0 Å². The summed E-state index contributed by atoms with van der Waals surface area (Å²) < 4.78 is 61.9. The van der Waals surface area contributed by atoms with Gasteiger partial charge in [0.25, 0.3) is 0 Å². The Balaban J connectivity index is 2.37. The van der Waals surface area contributed by atoms with E-state index in [0.717, 1.165) is 0 Å². The SMILES string of the molecule is CC(C)(C)[S@](=O)N[C@](CC(=O)OCc1ccccc1)(c1ccccc1)C(F)(F)F. The third kappa shape index (κ3) is 5.90. The van der Waals surface area contributed by atoms with E-state index in [1.165, 1.54) is 24.3 Å². The summed E-state index contributed by atoms with van der Waals surface area (Å²) in [5, 5.41) is 0. The van der Waals surface area contributed by atoms with E-state index < -0.39 is 39.8 Å². The van der Waals surface area contributed by atoms with Gasteiger partial charge in [0.05, 0.1) is 22.2 Å². The van der Waals surface area contributed by atoms with Crippen LogP contribution in [0.5, 0.6) is 0 Å². The average Bonchev–Trinajstić information content (AvgIpc) is 2.65. The van der Waals surface area contributed by atoms with Gasteiger partial charge in [0.1, 0.15) is 6.61 Å². The molecule has 2 aromatic carbocycles. The molecule has 0 radical (unpaired) electrons. The lowest BCUT2D eigenvalue weighted by Crippen LogP contribution is -2.58. The molecule has 0 saturated heterocycles. The number of halogens is 3. The molecule has 158 valence electrons. The highest BCUT2D eigenvalue weighted by Crippen LogP contribution is 2.43. The summed E-state index contributed by atoms with van der Waals surface area (Å²) in [7, 11) is -2.09. The van der Waals surface area contributed by atoms with Crippen LogP contribution in [0.3, 0.4) is 0 Å². The molecule has 0 amide bonds. The van der Waals surface area contributed by atoms with Crippen molar-refractivity contribution in [1.82, 2.24) is 4.72 Å². The first-order valence-corrected chi connectivity index (χ1v) is 10.1. The van der Waals surface area contributed by atoms with Crippen molar-refractivity contribution >= 4 is 17.0 Å². The first-order valence-electron chi connectivity index (χ1n) is 8.97. The number of carbonyl (C=O) groups is 1. The van der Waals surface area contributed by atoms with Gasteiger partial charge in [-0.3, -0.25) is 4.79 Å². The smallest absolute Gasteiger partial charge is 0.412 e. The molecule has 0 bridgehead atoms. The predicted octanol–water partition coefficient (Wildman–Crippen LogP) is 4.63. The Bertz CT molecular complexity index is 836. The lowest BCUT2D eigenvalue weighted by molar-refractivity contribution is -0.202. The molecule has 0 fully saturated rings. The molecule has 0 unspecified atom stereocenters. The van der Waals surface area contributed by atoms with Gasteiger partial charge in [-0.25, -0.2) is 8.93 Å². The van der Waals surface area contributed by atoms with Crippen LogP contribution in [0.2, 0.25) is 0 Å². The monoisotopic (exact) mass is 427 g/mol. The Morgan fingerprint density at radius 1 is 0.966 bits per heavy atom. The standard InChI is InChI=1S/C21H24F3NO3S/c1-19(2,3)29(27)25-20(21(22,23)24,17-12-8-5-9-13-17)14-18(26)28-15-16-10-6-4-7-11-16/h4-13,25H,14-15H2,1-3H3/t20-,29+/m1/s1. The van der Waals surface area contributed by atoms with Crippen molar-refractivity contribution in [2.45, 2.75) is 50.3 Å². The molecule has 0 saturated carbocycles. The van der Waals surface area contributed by atoms with Crippen LogP contribution in [0.25, 0.3) is 0 Å². The van der Waals surface area contributed by atoms with Gasteiger partial charge in [-0.05, 0) is 31.9 Å². The molecule has 0 aliphatic carbocycles. The van der Waals surface area contributed by atoms with E-state index in [1.54, 1.807) is 57.2 Å². The summed E-state index contributed by atoms with van der Waals surface area (Å²) in [5.74, 6) is -1.05. The third-order valence-electron chi connectivity index (χ3n) is 4.23. The van der Waals surface area contributed by atoms with E-state index in [2.05, 4.69) is 4.72 Å². The quantitative estimate of drug-likeness (QED) is 0.656. The number of nitrogens with one attached hydrogen (secondary N) is 1. The molecular formula is C21H24F3NO3S. The highest BCUT2D eigenvalue weighted by Gasteiger charge is 2.59. The van der Waals surface area contributed by atoms with E-state index in [9.17, 15) is 22.2 Å². The van der Waals surface area contributed by atoms with Gasteiger partial charge < -0.3 is 4.74 Å². The molecular weight excluding hydrogens is 403 g/mol. The zero-order valence-corrected chi connectivity index (χ0v) is 17.3. The number of ether oxygens (including phenoxy) is 1. The number of esters is 1. The Morgan fingerprint density at radius 2 is 1.48 bits per heavy atom. The molecule has 1 N–H and O–H groups in total. The van der Waals surface area contributed by atoms with Crippen LogP contribution in [0.15, 0.2) is 60.7 Å². The van der Waals surface area contributed by atoms with E-state index in [1.807, 2.05) is 0 Å². The Morgan fingerprint density at radius 3 is 1.97 bits per heavy atom. The molecule has 0 aliphatic heterocycles. The van der Waals surface area contributed by atoms with Crippen LogP contribution in [0.4, 0.5) is 13.2 Å². The van der Waals surface area contributed by atoms with Crippen LogP contribution in [0, 0.1) is 0 Å². The Kier molecular flexibility index (Phi) is 7.24. The van der Waals surface area contributed by atoms with Crippen LogP contribution in [-0.4, -0.2) is 21.1 Å². The fraction of sp³-hybridized carbons (Fsp3) is 0.381. The minimum Gasteiger partial charge on any atom is -0.461 e. The molecule has 0 heterocycles.